The Bertz CT molecular complexity index is 484. The number of aromatic hydroxyl groups is 1. The molecule has 0 heterocycles. The lowest BCUT2D eigenvalue weighted by Gasteiger charge is -2.09. The zero-order chi connectivity index (χ0) is 13.8. The van der Waals surface area contributed by atoms with Crippen LogP contribution in [0.3, 0.4) is 0 Å². The van der Waals surface area contributed by atoms with E-state index in [0.29, 0.717) is 5.56 Å². The van der Waals surface area contributed by atoms with Gasteiger partial charge in [0.1, 0.15) is 0 Å². The molecule has 1 aliphatic rings. The Morgan fingerprint density at radius 3 is 2.42 bits per heavy atom. The lowest BCUT2D eigenvalue weighted by Crippen LogP contribution is -2.18. The van der Waals surface area contributed by atoms with Crippen LogP contribution in [0, 0.1) is 5.92 Å². The van der Waals surface area contributed by atoms with Gasteiger partial charge in [-0.2, -0.15) is 5.10 Å². The third-order valence-corrected chi connectivity index (χ3v) is 2.84. The summed E-state index contributed by atoms with van der Waals surface area (Å²) in [4.78, 5) is 11.4. The number of carbonyl (C=O) groups excluding carboxylic acids is 1. The summed E-state index contributed by atoms with van der Waals surface area (Å²) in [5, 5.41) is 13.6. The van der Waals surface area contributed by atoms with Gasteiger partial charge in [0, 0.05) is 11.5 Å². The number of amides is 1. The number of nitrogens with one attached hydrogen (secondary N) is 1. The second kappa shape index (κ2) is 5.60. The molecule has 6 nitrogen and oxygen atoms in total. The van der Waals surface area contributed by atoms with Crippen LogP contribution in [0.2, 0.25) is 0 Å². The van der Waals surface area contributed by atoms with Gasteiger partial charge in [-0.25, -0.2) is 5.43 Å². The van der Waals surface area contributed by atoms with Crippen LogP contribution in [-0.2, 0) is 4.79 Å². The number of methoxy groups -OCH3 is 2. The molecule has 0 radical (unpaired) electrons. The van der Waals surface area contributed by atoms with E-state index in [-0.39, 0.29) is 29.1 Å². The summed E-state index contributed by atoms with van der Waals surface area (Å²) in [5.74, 6) is 0.558. The predicted octanol–water partition coefficient (Wildman–Crippen LogP) is 1.27. The van der Waals surface area contributed by atoms with Crippen LogP contribution in [0.4, 0.5) is 0 Å². The molecule has 2 N–H and O–H groups in total. The zero-order valence-corrected chi connectivity index (χ0v) is 10.8. The minimum atomic E-state index is -0.0656. The molecule has 1 fully saturated rings. The fraction of sp³-hybridized carbons (Fsp3) is 0.385. The van der Waals surface area contributed by atoms with Gasteiger partial charge < -0.3 is 14.6 Å². The van der Waals surface area contributed by atoms with Crippen LogP contribution >= 0.6 is 0 Å². The Balaban J connectivity index is 2.10. The number of nitrogens with zero attached hydrogens (tertiary/aromatic N) is 1. The highest BCUT2D eigenvalue weighted by molar-refractivity contribution is 5.85. The number of hydrogen-bond donors (Lipinski definition) is 2. The van der Waals surface area contributed by atoms with Crippen molar-refractivity contribution in [3.63, 3.8) is 0 Å². The number of phenolic OH excluding ortho intramolecular Hbond substituents is 1. The average Bonchev–Trinajstić information content (AvgIpc) is 3.24. The van der Waals surface area contributed by atoms with Crippen LogP contribution in [0.15, 0.2) is 17.2 Å². The van der Waals surface area contributed by atoms with Crippen molar-refractivity contribution in [3.8, 4) is 17.2 Å². The molecule has 2 rings (SSSR count). The number of hydrazone groups is 1. The van der Waals surface area contributed by atoms with Crippen molar-refractivity contribution < 1.29 is 19.4 Å². The Morgan fingerprint density at radius 1 is 1.37 bits per heavy atom. The second-order valence-electron chi connectivity index (χ2n) is 4.28. The molecule has 0 bridgehead atoms. The maximum absolute atomic E-state index is 11.4. The Labute approximate surface area is 111 Å². The van der Waals surface area contributed by atoms with E-state index in [1.54, 1.807) is 12.1 Å². The van der Waals surface area contributed by atoms with Crippen molar-refractivity contribution >= 4 is 12.1 Å². The standard InChI is InChI=1S/C13H16N2O4/c1-18-10-5-8(6-11(19-2)12(10)16)7-14-15-13(17)9-3-4-9/h5-7,9,16H,3-4H2,1-2H3,(H,15,17). The molecule has 1 amide bonds. The quantitative estimate of drug-likeness (QED) is 0.620. The minimum Gasteiger partial charge on any atom is -0.502 e. The molecule has 19 heavy (non-hydrogen) atoms. The summed E-state index contributed by atoms with van der Waals surface area (Å²) in [5.41, 5.74) is 3.12. The van der Waals surface area contributed by atoms with E-state index in [1.807, 2.05) is 0 Å². The summed E-state index contributed by atoms with van der Waals surface area (Å²) in [6.07, 6.45) is 3.34. The zero-order valence-electron chi connectivity index (χ0n) is 10.8. The maximum atomic E-state index is 11.4. The number of ether oxygens (including phenoxy) is 2. The van der Waals surface area contributed by atoms with Crippen molar-refractivity contribution in [2.75, 3.05) is 14.2 Å². The van der Waals surface area contributed by atoms with Crippen molar-refractivity contribution in [2.24, 2.45) is 11.0 Å². The van der Waals surface area contributed by atoms with Gasteiger partial charge in [-0.15, -0.1) is 0 Å². The van der Waals surface area contributed by atoms with Crippen LogP contribution < -0.4 is 14.9 Å². The third-order valence-electron chi connectivity index (χ3n) is 2.84. The van der Waals surface area contributed by atoms with E-state index in [0.717, 1.165) is 12.8 Å². The second-order valence-corrected chi connectivity index (χ2v) is 4.28. The van der Waals surface area contributed by atoms with Gasteiger partial charge in [-0.3, -0.25) is 4.79 Å². The van der Waals surface area contributed by atoms with Crippen LogP contribution in [0.25, 0.3) is 0 Å². The van der Waals surface area contributed by atoms with Gasteiger partial charge in [-0.05, 0) is 25.0 Å². The lowest BCUT2D eigenvalue weighted by atomic mass is 10.2. The fourth-order valence-electron chi connectivity index (χ4n) is 1.60. The normalized spacial score (nSPS) is 14.4. The first-order chi connectivity index (χ1) is 9.15. The van der Waals surface area contributed by atoms with E-state index in [2.05, 4.69) is 10.5 Å². The van der Waals surface area contributed by atoms with Crippen molar-refractivity contribution in [2.45, 2.75) is 12.8 Å². The van der Waals surface area contributed by atoms with E-state index < -0.39 is 0 Å². The molecule has 0 aromatic heterocycles. The smallest absolute Gasteiger partial charge is 0.243 e. The molecule has 0 saturated heterocycles. The van der Waals surface area contributed by atoms with Gasteiger partial charge in [0.2, 0.25) is 11.7 Å². The number of carbonyl (C=O) groups is 1. The van der Waals surface area contributed by atoms with Crippen LogP contribution in [0.5, 0.6) is 17.2 Å². The fourth-order valence-corrected chi connectivity index (χ4v) is 1.60. The summed E-state index contributed by atoms with van der Waals surface area (Å²) in [6, 6.07) is 3.20. The van der Waals surface area contributed by atoms with Gasteiger partial charge in [-0.1, -0.05) is 0 Å². The van der Waals surface area contributed by atoms with Gasteiger partial charge in [0.05, 0.1) is 20.4 Å². The molecule has 102 valence electrons. The topological polar surface area (TPSA) is 80.2 Å². The van der Waals surface area contributed by atoms with Crippen molar-refractivity contribution in [3.05, 3.63) is 17.7 Å². The average molecular weight is 264 g/mol. The Kier molecular flexibility index (Phi) is 3.89. The molecule has 0 aliphatic heterocycles. The van der Waals surface area contributed by atoms with E-state index in [4.69, 9.17) is 9.47 Å². The summed E-state index contributed by atoms with van der Waals surface area (Å²) in [6.45, 7) is 0. The molecule has 0 spiro atoms. The highest BCUT2D eigenvalue weighted by Crippen LogP contribution is 2.36. The van der Waals surface area contributed by atoms with Crippen molar-refractivity contribution in [1.29, 1.82) is 0 Å². The first kappa shape index (κ1) is 13.2. The SMILES string of the molecule is COc1cc(C=NNC(=O)C2CC2)cc(OC)c1O. The molecule has 1 aromatic rings. The Hall–Kier alpha value is -2.24. The molecule has 1 aliphatic carbocycles. The van der Waals surface area contributed by atoms with E-state index in [1.165, 1.54) is 20.4 Å². The monoisotopic (exact) mass is 264 g/mol. The van der Waals surface area contributed by atoms with E-state index in [9.17, 15) is 9.90 Å². The van der Waals surface area contributed by atoms with Crippen molar-refractivity contribution in [1.82, 2.24) is 5.43 Å². The third kappa shape index (κ3) is 3.15. The lowest BCUT2D eigenvalue weighted by molar-refractivity contribution is -0.122. The molecule has 0 atom stereocenters. The highest BCUT2D eigenvalue weighted by Gasteiger charge is 2.29. The summed E-state index contributed by atoms with van der Waals surface area (Å²) >= 11 is 0. The molecule has 1 aromatic carbocycles. The maximum Gasteiger partial charge on any atom is 0.243 e. The molecule has 6 heteroatoms. The first-order valence-electron chi connectivity index (χ1n) is 5.93. The molecular formula is C13H16N2O4. The summed E-state index contributed by atoms with van der Waals surface area (Å²) < 4.78 is 10.0. The van der Waals surface area contributed by atoms with Gasteiger partial charge in [0.15, 0.2) is 11.5 Å². The summed E-state index contributed by atoms with van der Waals surface area (Å²) in [7, 11) is 2.90. The number of hydrogen-bond acceptors (Lipinski definition) is 5. The molecule has 1 saturated carbocycles. The Morgan fingerprint density at radius 2 is 1.95 bits per heavy atom. The number of rotatable bonds is 5. The van der Waals surface area contributed by atoms with Gasteiger partial charge >= 0.3 is 0 Å². The minimum absolute atomic E-state index is 0.0611. The largest absolute Gasteiger partial charge is 0.502 e. The predicted molar refractivity (Wildman–Crippen MR) is 69.7 cm³/mol. The van der Waals surface area contributed by atoms with E-state index >= 15 is 0 Å². The number of phenols is 1. The molecule has 0 unspecified atom stereocenters. The first-order valence-corrected chi connectivity index (χ1v) is 5.93. The highest BCUT2D eigenvalue weighted by atomic mass is 16.5. The number of benzene rings is 1. The molecular weight excluding hydrogens is 248 g/mol. The van der Waals surface area contributed by atoms with Crippen LogP contribution in [0.1, 0.15) is 18.4 Å². The van der Waals surface area contributed by atoms with Crippen LogP contribution in [-0.4, -0.2) is 31.4 Å². The van der Waals surface area contributed by atoms with Gasteiger partial charge in [0.25, 0.3) is 0 Å².